The monoisotopic (exact) mass is 489 g/mol. The second-order valence-electron chi connectivity index (χ2n) is 8.14. The predicted molar refractivity (Wildman–Crippen MR) is 128 cm³/mol. The van der Waals surface area contributed by atoms with Crippen LogP contribution in [0.2, 0.25) is 0 Å². The van der Waals surface area contributed by atoms with Crippen molar-refractivity contribution in [2.45, 2.75) is 32.0 Å². The number of fused-ring (bicyclic) bond motifs is 3. The lowest BCUT2D eigenvalue weighted by Gasteiger charge is -2.36. The SMILES string of the molecule is COc1c(F)cc(Cn2cc(CNc3ncc4c(n3)N3CCC[C@H]3C(=O)N4C)cn2)cc1F.S. The number of methoxy groups -OCH3 is 1. The smallest absolute Gasteiger partial charge is 0.249 e. The van der Waals surface area contributed by atoms with Gasteiger partial charge < -0.3 is 19.9 Å². The van der Waals surface area contributed by atoms with Crippen molar-refractivity contribution in [3.05, 3.63) is 53.5 Å². The molecule has 1 atom stereocenters. The molecule has 0 aliphatic carbocycles. The van der Waals surface area contributed by atoms with Crippen LogP contribution in [-0.4, -0.2) is 52.4 Å². The number of rotatable bonds is 6. The van der Waals surface area contributed by atoms with E-state index in [0.29, 0.717) is 23.7 Å². The Bertz CT molecular complexity index is 1200. The van der Waals surface area contributed by atoms with Gasteiger partial charge in [-0.05, 0) is 30.5 Å². The van der Waals surface area contributed by atoms with Crippen LogP contribution in [0, 0.1) is 11.6 Å². The zero-order valence-electron chi connectivity index (χ0n) is 18.8. The third-order valence-corrected chi connectivity index (χ3v) is 6.00. The van der Waals surface area contributed by atoms with Crippen molar-refractivity contribution >= 4 is 36.9 Å². The van der Waals surface area contributed by atoms with E-state index in [1.54, 1.807) is 35.2 Å². The number of hydrogen-bond acceptors (Lipinski definition) is 7. The highest BCUT2D eigenvalue weighted by Gasteiger charge is 2.40. The molecule has 4 heterocycles. The molecule has 0 bridgehead atoms. The van der Waals surface area contributed by atoms with E-state index >= 15 is 0 Å². The van der Waals surface area contributed by atoms with Gasteiger partial charge in [-0.15, -0.1) is 0 Å². The molecule has 1 aromatic carbocycles. The number of anilines is 3. The first-order chi connectivity index (χ1) is 15.9. The van der Waals surface area contributed by atoms with Crippen molar-refractivity contribution in [1.82, 2.24) is 19.7 Å². The molecular formula is C22H25F2N7O2S. The van der Waals surface area contributed by atoms with E-state index < -0.39 is 17.4 Å². The van der Waals surface area contributed by atoms with Crippen LogP contribution >= 0.6 is 13.5 Å². The number of carbonyl (C=O) groups is 1. The first-order valence-electron chi connectivity index (χ1n) is 10.6. The van der Waals surface area contributed by atoms with E-state index in [1.807, 2.05) is 0 Å². The number of ether oxygens (including phenoxy) is 1. The van der Waals surface area contributed by atoms with Gasteiger partial charge in [0.25, 0.3) is 0 Å². The molecule has 1 N–H and O–H groups in total. The predicted octanol–water partition coefficient (Wildman–Crippen LogP) is 2.68. The fourth-order valence-corrected chi connectivity index (χ4v) is 4.37. The second kappa shape index (κ2) is 9.45. The number of likely N-dealkylation sites (N-methyl/N-ethyl adjacent to an activating group) is 1. The first kappa shape index (κ1) is 23.7. The summed E-state index contributed by atoms with van der Waals surface area (Å²) < 4.78 is 34.2. The molecule has 1 fully saturated rings. The Balaban J connectivity index is 0.00000274. The summed E-state index contributed by atoms with van der Waals surface area (Å²) in [4.78, 5) is 25.2. The van der Waals surface area contributed by atoms with Gasteiger partial charge in [-0.2, -0.15) is 23.6 Å². The summed E-state index contributed by atoms with van der Waals surface area (Å²) >= 11 is 0. The Kier molecular flexibility index (Phi) is 6.60. The Morgan fingerprint density at radius 2 is 1.97 bits per heavy atom. The maximum Gasteiger partial charge on any atom is 0.249 e. The number of benzene rings is 1. The van der Waals surface area contributed by atoms with Gasteiger partial charge >= 0.3 is 0 Å². The van der Waals surface area contributed by atoms with Crippen molar-refractivity contribution in [2.24, 2.45) is 0 Å². The summed E-state index contributed by atoms with van der Waals surface area (Å²) in [7, 11) is 2.98. The lowest BCUT2D eigenvalue weighted by molar-refractivity contribution is -0.119. The highest BCUT2D eigenvalue weighted by Crippen LogP contribution is 2.37. The highest BCUT2D eigenvalue weighted by atomic mass is 32.1. The van der Waals surface area contributed by atoms with Gasteiger partial charge in [0.1, 0.15) is 11.7 Å². The molecule has 34 heavy (non-hydrogen) atoms. The molecule has 5 rings (SSSR count). The highest BCUT2D eigenvalue weighted by molar-refractivity contribution is 7.59. The zero-order chi connectivity index (χ0) is 23.1. The molecule has 2 aromatic heterocycles. The van der Waals surface area contributed by atoms with E-state index in [0.717, 1.165) is 30.8 Å². The third kappa shape index (κ3) is 4.25. The number of nitrogens with zero attached hydrogens (tertiary/aromatic N) is 6. The Morgan fingerprint density at radius 1 is 1.21 bits per heavy atom. The van der Waals surface area contributed by atoms with Crippen molar-refractivity contribution in [2.75, 3.05) is 35.8 Å². The number of carbonyl (C=O) groups excluding carboxylic acids is 1. The van der Waals surface area contributed by atoms with Gasteiger partial charge in [-0.1, -0.05) is 0 Å². The molecule has 9 nitrogen and oxygen atoms in total. The minimum atomic E-state index is -0.751. The van der Waals surface area contributed by atoms with Crippen molar-refractivity contribution < 1.29 is 18.3 Å². The quantitative estimate of drug-likeness (QED) is 0.570. The molecule has 0 radical (unpaired) electrons. The first-order valence-corrected chi connectivity index (χ1v) is 10.6. The summed E-state index contributed by atoms with van der Waals surface area (Å²) in [6.45, 7) is 1.43. The van der Waals surface area contributed by atoms with Gasteiger partial charge in [0.15, 0.2) is 23.2 Å². The normalized spacial score (nSPS) is 16.7. The van der Waals surface area contributed by atoms with E-state index in [2.05, 4.69) is 25.3 Å². The van der Waals surface area contributed by atoms with Gasteiger partial charge in [0.2, 0.25) is 11.9 Å². The van der Waals surface area contributed by atoms with Crippen LogP contribution in [0.25, 0.3) is 0 Å². The van der Waals surface area contributed by atoms with E-state index in [1.165, 1.54) is 19.2 Å². The molecule has 1 saturated heterocycles. The summed E-state index contributed by atoms with van der Waals surface area (Å²) in [5.74, 6) is -0.610. The van der Waals surface area contributed by atoms with Crippen molar-refractivity contribution in [3.8, 4) is 5.75 Å². The second-order valence-corrected chi connectivity index (χ2v) is 8.14. The maximum absolute atomic E-state index is 13.9. The Morgan fingerprint density at radius 3 is 2.71 bits per heavy atom. The van der Waals surface area contributed by atoms with Crippen LogP contribution in [-0.2, 0) is 17.9 Å². The van der Waals surface area contributed by atoms with Gasteiger partial charge in [0.05, 0.1) is 26.0 Å². The number of hydrogen-bond donors (Lipinski definition) is 1. The van der Waals surface area contributed by atoms with Crippen molar-refractivity contribution in [3.63, 3.8) is 0 Å². The minimum Gasteiger partial charge on any atom is -0.491 e. The van der Waals surface area contributed by atoms with E-state index in [-0.39, 0.29) is 32.0 Å². The Labute approximate surface area is 202 Å². The van der Waals surface area contributed by atoms with Gasteiger partial charge in [-0.3, -0.25) is 9.48 Å². The summed E-state index contributed by atoms with van der Waals surface area (Å²) in [6.07, 6.45) is 6.90. The Hall–Kier alpha value is -3.41. The zero-order valence-corrected chi connectivity index (χ0v) is 19.8. The third-order valence-electron chi connectivity index (χ3n) is 6.00. The van der Waals surface area contributed by atoms with Crippen LogP contribution in [0.1, 0.15) is 24.0 Å². The molecule has 1 amide bonds. The number of nitrogens with one attached hydrogen (secondary N) is 1. The van der Waals surface area contributed by atoms with Gasteiger partial charge in [0, 0.05) is 31.9 Å². The molecule has 0 unspecified atom stereocenters. The summed E-state index contributed by atoms with van der Waals surface area (Å²) in [5.41, 5.74) is 2.00. The topological polar surface area (TPSA) is 88.4 Å². The van der Waals surface area contributed by atoms with Crippen molar-refractivity contribution in [1.29, 1.82) is 0 Å². The van der Waals surface area contributed by atoms with E-state index in [4.69, 9.17) is 4.74 Å². The fraction of sp³-hybridized carbons (Fsp3) is 0.364. The largest absolute Gasteiger partial charge is 0.491 e. The summed E-state index contributed by atoms with van der Waals surface area (Å²) in [6, 6.07) is 2.31. The molecule has 2 aliphatic rings. The van der Waals surface area contributed by atoms with Crippen LogP contribution < -0.4 is 19.9 Å². The maximum atomic E-state index is 13.9. The van der Waals surface area contributed by atoms with Crippen LogP contribution in [0.5, 0.6) is 5.75 Å². The molecule has 2 aliphatic heterocycles. The number of aromatic nitrogens is 4. The standard InChI is InChI=1S/C22H23F2N7O2.H2S/c1-29-18-10-26-22(28-20(18)31-5-3-4-17(31)21(29)32)25-8-14-9-27-30(12-14)11-13-6-15(23)19(33-2)16(24)7-13;/h6-7,9-10,12,17H,3-5,8,11H2,1-2H3,(H,25,26,28);1H2/t17-;/m0./s1. The lowest BCUT2D eigenvalue weighted by Crippen LogP contribution is -2.49. The molecule has 180 valence electrons. The minimum absolute atomic E-state index is 0. The van der Waals surface area contributed by atoms with Crippen LogP contribution in [0.4, 0.5) is 26.2 Å². The lowest BCUT2D eigenvalue weighted by atomic mass is 10.1. The van der Waals surface area contributed by atoms with E-state index in [9.17, 15) is 13.6 Å². The number of amides is 1. The average molecular weight is 490 g/mol. The van der Waals surface area contributed by atoms with Crippen LogP contribution in [0.15, 0.2) is 30.7 Å². The molecule has 0 spiro atoms. The molecule has 0 saturated carbocycles. The van der Waals surface area contributed by atoms with Gasteiger partial charge in [-0.25, -0.2) is 13.8 Å². The fourth-order valence-electron chi connectivity index (χ4n) is 4.37. The summed E-state index contributed by atoms with van der Waals surface area (Å²) in [5, 5.41) is 7.45. The molecular weight excluding hydrogens is 464 g/mol. The molecule has 3 aromatic rings. The molecule has 12 heteroatoms. The van der Waals surface area contributed by atoms with Crippen LogP contribution in [0.3, 0.4) is 0 Å². The average Bonchev–Trinajstić information content (AvgIpc) is 3.46. The number of halogens is 2.